The Hall–Kier alpha value is -14.8. The van der Waals surface area contributed by atoms with Crippen LogP contribution in [0.2, 0.25) is 0 Å². The predicted molar refractivity (Wildman–Crippen MR) is 487 cm³/mol. The molecule has 0 saturated carbocycles. The number of aromatic nitrogens is 4. The third kappa shape index (κ3) is 10.3. The molecule has 0 fully saturated rings. The van der Waals surface area contributed by atoms with Gasteiger partial charge in [-0.1, -0.05) is 317 Å². The van der Waals surface area contributed by atoms with E-state index in [1.54, 1.807) is 0 Å². The molecule has 0 atom stereocenters. The highest BCUT2D eigenvalue weighted by molar-refractivity contribution is 6.15. The minimum atomic E-state index is -0.428. The van der Waals surface area contributed by atoms with Crippen molar-refractivity contribution in [1.29, 1.82) is 0 Å². The van der Waals surface area contributed by atoms with Crippen molar-refractivity contribution in [3.05, 3.63) is 458 Å². The summed E-state index contributed by atoms with van der Waals surface area (Å²) < 4.78 is 9.73. The van der Waals surface area contributed by atoms with Crippen LogP contribution in [0.4, 0.5) is 0 Å². The molecule has 0 aliphatic heterocycles. The number of hydrogen-bond acceptors (Lipinski definition) is 0. The van der Waals surface area contributed by atoms with Crippen molar-refractivity contribution in [3.63, 3.8) is 0 Å². The fourth-order valence-corrected chi connectivity index (χ4v) is 20.1. The molecule has 0 radical (unpaired) electrons. The zero-order valence-corrected chi connectivity index (χ0v) is 64.2. The zero-order valence-electron chi connectivity index (χ0n) is 64.2. The van der Waals surface area contributed by atoms with Gasteiger partial charge in [0, 0.05) is 71.3 Å². The van der Waals surface area contributed by atoms with Gasteiger partial charge >= 0.3 is 0 Å². The van der Waals surface area contributed by atoms with Gasteiger partial charge in [-0.25, -0.2) is 0 Å². The molecule has 2 aliphatic carbocycles. The zero-order chi connectivity index (χ0) is 76.7. The van der Waals surface area contributed by atoms with E-state index in [0.717, 1.165) is 17.1 Å². The van der Waals surface area contributed by atoms with Crippen LogP contribution in [0.5, 0.6) is 0 Å². The quantitative estimate of drug-likeness (QED) is 0.130. The van der Waals surface area contributed by atoms with Crippen LogP contribution in [0.1, 0.15) is 47.2 Å². The maximum Gasteiger partial charge on any atom is 0.0713 e. The summed E-state index contributed by atoms with van der Waals surface area (Å²) in [6.45, 7) is 4.69. The molecular formula is C112H76N4. The molecule has 24 rings (SSSR count). The van der Waals surface area contributed by atoms with Gasteiger partial charge in [-0.2, -0.15) is 0 Å². The predicted octanol–water partition coefficient (Wildman–Crippen LogP) is 29.1. The van der Waals surface area contributed by atoms with E-state index in [1.165, 1.54) is 193 Å². The fraction of sp³-hybridized carbons (Fsp3) is 0.0357. The minimum Gasteiger partial charge on any atom is -0.309 e. The van der Waals surface area contributed by atoms with E-state index in [1.807, 2.05) is 0 Å². The van der Waals surface area contributed by atoms with Crippen LogP contribution in [-0.4, -0.2) is 18.3 Å². The molecule has 0 unspecified atom stereocenters. The van der Waals surface area contributed by atoms with Gasteiger partial charge in [0.1, 0.15) is 0 Å². The number of rotatable bonds is 10. The summed E-state index contributed by atoms with van der Waals surface area (Å²) >= 11 is 0. The van der Waals surface area contributed by atoms with Crippen LogP contribution < -0.4 is 0 Å². The molecule has 4 aromatic heterocycles. The maximum atomic E-state index is 2.46. The Balaban J connectivity index is 0.000000139. The molecule has 0 saturated heterocycles. The molecule has 2 aliphatic rings. The molecule has 4 nitrogen and oxygen atoms in total. The summed E-state index contributed by atoms with van der Waals surface area (Å²) in [6.07, 6.45) is 0. The van der Waals surface area contributed by atoms with Crippen LogP contribution in [0.25, 0.3) is 177 Å². The summed E-state index contributed by atoms with van der Waals surface area (Å²) in [7, 11) is 0. The molecule has 18 aromatic carbocycles. The molecule has 4 heterocycles. The van der Waals surface area contributed by atoms with Crippen molar-refractivity contribution in [2.24, 2.45) is 0 Å². The SMILES string of the molecule is CC1(C)c2ccccc2-c2cc(-n3c4ccccc4c4cc(-c5ccc6c(c5)c5ccccc5n6-c5cccc(-c6ccccc6)c5)ccc43)ccc21.c1ccc(-c2cccc(-n3c4ccccc4c4cc(-c5ccc6c(c5)c5ccccc5n6-c5ccc6c(c5)-c5ccccc5C6(c5ccccc5)c5ccccc5)ccc43)c2)cc1. The summed E-state index contributed by atoms with van der Waals surface area (Å²) in [5.41, 5.74) is 36.8. The molecule has 0 N–H and O–H groups in total. The van der Waals surface area contributed by atoms with Gasteiger partial charge in [-0.3, -0.25) is 0 Å². The van der Waals surface area contributed by atoms with E-state index < -0.39 is 5.41 Å². The van der Waals surface area contributed by atoms with E-state index in [9.17, 15) is 0 Å². The van der Waals surface area contributed by atoms with Gasteiger partial charge < -0.3 is 18.3 Å². The summed E-state index contributed by atoms with van der Waals surface area (Å²) in [5, 5.41) is 10.0. The Morgan fingerprint density at radius 3 is 0.828 bits per heavy atom. The largest absolute Gasteiger partial charge is 0.309 e. The van der Waals surface area contributed by atoms with E-state index in [2.05, 4.69) is 457 Å². The van der Waals surface area contributed by atoms with E-state index in [4.69, 9.17) is 0 Å². The Kier molecular flexibility index (Phi) is 15.2. The first-order chi connectivity index (χ1) is 57.3. The number of para-hydroxylation sites is 4. The lowest BCUT2D eigenvalue weighted by Gasteiger charge is -2.33. The van der Waals surface area contributed by atoms with Gasteiger partial charge in [-0.15, -0.1) is 0 Å². The Bertz CT molecular complexity index is 7680. The Labute approximate surface area is 673 Å². The minimum absolute atomic E-state index is 0.0141. The lowest BCUT2D eigenvalue weighted by molar-refractivity contribution is 0.660. The van der Waals surface area contributed by atoms with Crippen LogP contribution in [0.3, 0.4) is 0 Å². The van der Waals surface area contributed by atoms with Crippen molar-refractivity contribution in [1.82, 2.24) is 18.3 Å². The first-order valence-electron chi connectivity index (χ1n) is 40.4. The topological polar surface area (TPSA) is 19.7 Å². The Morgan fingerprint density at radius 1 is 0.164 bits per heavy atom. The Morgan fingerprint density at radius 2 is 0.431 bits per heavy atom. The molecule has 544 valence electrons. The molecule has 0 amide bonds. The highest BCUT2D eigenvalue weighted by Gasteiger charge is 2.46. The van der Waals surface area contributed by atoms with Crippen molar-refractivity contribution in [2.75, 3.05) is 0 Å². The molecule has 0 bridgehead atoms. The molecule has 4 heteroatoms. The van der Waals surface area contributed by atoms with Gasteiger partial charge in [0.05, 0.1) is 49.5 Å². The lowest BCUT2D eigenvalue weighted by Crippen LogP contribution is -2.28. The third-order valence-corrected chi connectivity index (χ3v) is 25.3. The van der Waals surface area contributed by atoms with Crippen LogP contribution in [0.15, 0.2) is 425 Å². The second kappa shape index (κ2) is 26.4. The maximum absolute atomic E-state index is 2.46. The van der Waals surface area contributed by atoms with Crippen LogP contribution in [-0.2, 0) is 10.8 Å². The van der Waals surface area contributed by atoms with E-state index in [-0.39, 0.29) is 5.41 Å². The lowest BCUT2D eigenvalue weighted by atomic mass is 9.68. The van der Waals surface area contributed by atoms with Gasteiger partial charge in [0.25, 0.3) is 0 Å². The first-order valence-corrected chi connectivity index (χ1v) is 40.4. The van der Waals surface area contributed by atoms with Gasteiger partial charge in [0.2, 0.25) is 0 Å². The molecule has 22 aromatic rings. The van der Waals surface area contributed by atoms with Gasteiger partial charge in [0.15, 0.2) is 0 Å². The molecule has 0 spiro atoms. The average molecular weight is 1480 g/mol. The standard InChI is InChI=1S/C61H40N2.C51H36N2/c1-4-17-41(18-5-1)42-19-16-24-47(37-42)62-57-29-14-11-26-50(57)53-38-43(31-35-59(53)62)44-32-36-60-54(39-44)51-27-12-15-30-58(51)63(60)48-33-34-56-52(40-48)49-25-10-13-28-55(49)61(56,45-20-6-2-7-21-45)46-22-8-3-9-23-46;1-51(2)45-20-9-6-17-39(45)42-32-38(25-26-46(42)51)53-48-22-11-8-19-41(48)44-31-36(24-28-50(44)53)35-23-27-49-43(30-35)40-18-7-10-21-47(40)52(49)37-16-12-15-34(29-37)33-13-4-3-5-14-33/h1-40H;3-32H,1-2H3. The van der Waals surface area contributed by atoms with Crippen molar-refractivity contribution >= 4 is 87.2 Å². The second-order valence-electron chi connectivity index (χ2n) is 31.8. The summed E-state index contributed by atoms with van der Waals surface area (Å²) in [6, 6.07) is 157. The van der Waals surface area contributed by atoms with Crippen molar-refractivity contribution in [2.45, 2.75) is 24.7 Å². The van der Waals surface area contributed by atoms with Crippen LogP contribution in [0, 0.1) is 0 Å². The summed E-state index contributed by atoms with van der Waals surface area (Å²) in [4.78, 5) is 0. The van der Waals surface area contributed by atoms with Crippen LogP contribution >= 0.6 is 0 Å². The van der Waals surface area contributed by atoms with E-state index in [0.29, 0.717) is 0 Å². The number of nitrogens with zero attached hydrogens (tertiary/aromatic N) is 4. The summed E-state index contributed by atoms with van der Waals surface area (Å²) in [5.74, 6) is 0. The normalized spacial score (nSPS) is 13.1. The fourth-order valence-electron chi connectivity index (χ4n) is 20.1. The number of benzene rings is 18. The monoisotopic (exact) mass is 1480 g/mol. The van der Waals surface area contributed by atoms with Crippen molar-refractivity contribution < 1.29 is 0 Å². The highest BCUT2D eigenvalue weighted by Crippen LogP contribution is 2.57. The van der Waals surface area contributed by atoms with E-state index >= 15 is 0 Å². The molecule has 116 heavy (non-hydrogen) atoms. The third-order valence-electron chi connectivity index (χ3n) is 25.3. The van der Waals surface area contributed by atoms with Gasteiger partial charge in [-0.05, 0) is 221 Å². The highest BCUT2D eigenvalue weighted by atomic mass is 15.0. The second-order valence-corrected chi connectivity index (χ2v) is 31.8. The molecular weight excluding hydrogens is 1400 g/mol. The smallest absolute Gasteiger partial charge is 0.0713 e. The first kappa shape index (κ1) is 66.9. The number of fused-ring (bicyclic) bond motifs is 18. The average Bonchev–Trinajstić information content (AvgIpc) is 1.56. The number of hydrogen-bond donors (Lipinski definition) is 0. The van der Waals surface area contributed by atoms with Crippen molar-refractivity contribution in [3.8, 4) is 89.5 Å².